The Morgan fingerprint density at radius 3 is 2.30 bits per heavy atom. The number of hydrogen-bond donors (Lipinski definition) is 4. The third-order valence-corrected chi connectivity index (χ3v) is 5.25. The zero-order chi connectivity index (χ0) is 29.7. The maximum Gasteiger partial charge on any atom is 0.410 e. The lowest BCUT2D eigenvalue weighted by Crippen LogP contribution is -2.35. The van der Waals surface area contributed by atoms with Gasteiger partial charge >= 0.3 is 6.09 Å². The summed E-state index contributed by atoms with van der Waals surface area (Å²) in [6.45, 7) is 5.40. The van der Waals surface area contributed by atoms with Gasteiger partial charge in [-0.15, -0.1) is 0 Å². The van der Waals surface area contributed by atoms with E-state index in [9.17, 15) is 9.59 Å². The predicted octanol–water partition coefficient (Wildman–Crippen LogP) is 5.24. The van der Waals surface area contributed by atoms with E-state index in [4.69, 9.17) is 21.6 Å². The van der Waals surface area contributed by atoms with Crippen molar-refractivity contribution in [3.8, 4) is 11.4 Å². The Kier molecular flexibility index (Phi) is 11.6. The molecule has 10 heteroatoms. The minimum Gasteiger partial charge on any atom is -0.444 e. The number of benzene rings is 3. The van der Waals surface area contributed by atoms with Gasteiger partial charge < -0.3 is 36.6 Å². The van der Waals surface area contributed by atoms with Gasteiger partial charge in [-0.2, -0.15) is 0 Å². The molecule has 0 saturated heterocycles. The van der Waals surface area contributed by atoms with Gasteiger partial charge in [0.15, 0.2) is 5.82 Å². The molecule has 0 atom stereocenters. The van der Waals surface area contributed by atoms with E-state index in [1.807, 2.05) is 73.8 Å². The fourth-order valence-electron chi connectivity index (χ4n) is 3.21. The van der Waals surface area contributed by atoms with Crippen molar-refractivity contribution in [2.45, 2.75) is 26.4 Å². The second-order valence-corrected chi connectivity index (χ2v) is 9.58. The molecule has 0 spiro atoms. The largest absolute Gasteiger partial charge is 0.444 e. The van der Waals surface area contributed by atoms with Crippen molar-refractivity contribution in [3.63, 3.8) is 0 Å². The highest BCUT2D eigenvalue weighted by atomic mass is 16.6. The van der Waals surface area contributed by atoms with Crippen LogP contribution in [0.3, 0.4) is 0 Å². The summed E-state index contributed by atoms with van der Waals surface area (Å²) in [6.07, 6.45) is 1.42. The molecule has 0 aliphatic heterocycles. The molecule has 40 heavy (non-hydrogen) atoms. The Balaban J connectivity index is 0.000000230. The molecule has 0 saturated carbocycles. The van der Waals surface area contributed by atoms with Crippen molar-refractivity contribution >= 4 is 46.7 Å². The third kappa shape index (κ3) is 9.71. The van der Waals surface area contributed by atoms with Crippen LogP contribution in [0, 0.1) is 5.41 Å². The van der Waals surface area contributed by atoms with E-state index in [0.29, 0.717) is 23.6 Å². The van der Waals surface area contributed by atoms with Gasteiger partial charge in [-0.05, 0) is 51.1 Å². The molecule has 0 fully saturated rings. The van der Waals surface area contributed by atoms with E-state index < -0.39 is 11.7 Å². The maximum absolute atomic E-state index is 11.1. The summed E-state index contributed by atoms with van der Waals surface area (Å²) < 4.78 is 4.98. The second kappa shape index (κ2) is 14.8. The van der Waals surface area contributed by atoms with Gasteiger partial charge in [0, 0.05) is 48.2 Å². The number of anilines is 3. The number of likely N-dealkylation sites (N-methyl/N-ethyl adjacent to an activating group) is 1. The highest BCUT2D eigenvalue weighted by Crippen LogP contribution is 2.24. The van der Waals surface area contributed by atoms with Crippen LogP contribution in [0.25, 0.3) is 22.3 Å². The van der Waals surface area contributed by atoms with Gasteiger partial charge in [0.2, 0.25) is 0 Å². The standard InChI is InChI=1S/C15H14N4.C8H15NO3.C7H8N2/c1-17-11-6-4-5-10(9-11)15-18-13-8-3-2-7-12(13)14(16)19-15;1-8(2,3)12-7(11)9(4)5-6-10;8-5-6-3-1-2-4-7(6)9/h2-9,17H,1H3,(H2,16,18,19);6H,5H2,1-4H3;1-5,8H,9H2. The zero-order valence-electron chi connectivity index (χ0n) is 23.5. The number of nitrogens with zero attached hydrogens (tertiary/aromatic N) is 3. The van der Waals surface area contributed by atoms with Crippen molar-refractivity contribution in [2.75, 3.05) is 37.4 Å². The fraction of sp³-hybridized carbons (Fsp3) is 0.233. The van der Waals surface area contributed by atoms with Crippen LogP contribution in [-0.2, 0) is 9.53 Å². The molecule has 10 nitrogen and oxygen atoms in total. The van der Waals surface area contributed by atoms with Crippen LogP contribution >= 0.6 is 0 Å². The van der Waals surface area contributed by atoms with E-state index in [1.165, 1.54) is 18.2 Å². The third-order valence-electron chi connectivity index (χ3n) is 5.25. The first-order valence-electron chi connectivity index (χ1n) is 12.5. The minimum atomic E-state index is -0.506. The molecule has 0 bridgehead atoms. The zero-order valence-corrected chi connectivity index (χ0v) is 23.5. The number of amides is 1. The van der Waals surface area contributed by atoms with Gasteiger partial charge in [-0.25, -0.2) is 14.8 Å². The molecule has 210 valence electrons. The summed E-state index contributed by atoms with van der Waals surface area (Å²) in [5.74, 6) is 1.16. The van der Waals surface area contributed by atoms with Crippen molar-refractivity contribution in [2.24, 2.45) is 0 Å². The number of hydrogen-bond acceptors (Lipinski definition) is 9. The van der Waals surface area contributed by atoms with Crippen molar-refractivity contribution in [1.29, 1.82) is 5.41 Å². The summed E-state index contributed by atoms with van der Waals surface area (Å²) in [7, 11) is 3.40. The Morgan fingerprint density at radius 2 is 1.70 bits per heavy atom. The molecular weight excluding hydrogens is 506 g/mol. The first-order valence-corrected chi connectivity index (χ1v) is 12.5. The molecular formula is C30H37N7O3. The van der Waals surface area contributed by atoms with Crippen molar-refractivity contribution in [1.82, 2.24) is 14.9 Å². The smallest absolute Gasteiger partial charge is 0.410 e. The molecule has 0 radical (unpaired) electrons. The topological polar surface area (TPSA) is 160 Å². The van der Waals surface area contributed by atoms with E-state index >= 15 is 0 Å². The normalized spacial score (nSPS) is 10.2. The van der Waals surface area contributed by atoms with E-state index in [2.05, 4.69) is 15.3 Å². The lowest BCUT2D eigenvalue weighted by Gasteiger charge is -2.23. The van der Waals surface area contributed by atoms with E-state index in [0.717, 1.165) is 27.7 Å². The number of para-hydroxylation sites is 2. The van der Waals surface area contributed by atoms with Crippen LogP contribution in [0.4, 0.5) is 22.0 Å². The van der Waals surface area contributed by atoms with Crippen molar-refractivity contribution in [3.05, 3.63) is 78.4 Å². The summed E-state index contributed by atoms with van der Waals surface area (Å²) in [6, 6.07) is 23.0. The first kappa shape index (κ1) is 31.2. The molecule has 4 aromatic rings. The number of nitrogen functional groups attached to an aromatic ring is 2. The van der Waals surface area contributed by atoms with Gasteiger partial charge in [-0.1, -0.05) is 42.5 Å². The number of carbonyl (C=O) groups excluding carboxylic acids is 2. The Morgan fingerprint density at radius 1 is 1.02 bits per heavy atom. The first-order chi connectivity index (χ1) is 19.0. The number of aldehydes is 1. The highest BCUT2D eigenvalue weighted by Gasteiger charge is 2.18. The lowest BCUT2D eigenvalue weighted by atomic mass is 10.1. The molecule has 1 aromatic heterocycles. The number of nitrogens with two attached hydrogens (primary N) is 2. The molecule has 0 unspecified atom stereocenters. The number of ether oxygens (including phenoxy) is 1. The average Bonchev–Trinajstić information content (AvgIpc) is 2.93. The van der Waals surface area contributed by atoms with Gasteiger partial charge in [0.1, 0.15) is 17.7 Å². The van der Waals surface area contributed by atoms with Crippen LogP contribution in [0.15, 0.2) is 72.8 Å². The van der Waals surface area contributed by atoms with E-state index in [1.54, 1.807) is 26.8 Å². The molecule has 0 aliphatic rings. The number of nitrogens with one attached hydrogen (secondary N) is 2. The fourth-order valence-corrected chi connectivity index (χ4v) is 3.21. The Bertz CT molecular complexity index is 1430. The van der Waals surface area contributed by atoms with Crippen LogP contribution < -0.4 is 16.8 Å². The lowest BCUT2D eigenvalue weighted by molar-refractivity contribution is -0.108. The maximum atomic E-state index is 11.1. The number of fused-ring (bicyclic) bond motifs is 1. The van der Waals surface area contributed by atoms with Crippen molar-refractivity contribution < 1.29 is 14.3 Å². The molecule has 1 amide bonds. The van der Waals surface area contributed by atoms with E-state index in [-0.39, 0.29) is 6.54 Å². The molecule has 4 rings (SSSR count). The predicted molar refractivity (Wildman–Crippen MR) is 163 cm³/mol. The van der Waals surface area contributed by atoms with Gasteiger partial charge in [0.25, 0.3) is 0 Å². The summed E-state index contributed by atoms with van der Waals surface area (Å²) in [5, 5.41) is 10.9. The second-order valence-electron chi connectivity index (χ2n) is 9.58. The molecule has 3 aromatic carbocycles. The summed E-state index contributed by atoms with van der Waals surface area (Å²) in [4.78, 5) is 31.3. The summed E-state index contributed by atoms with van der Waals surface area (Å²) >= 11 is 0. The monoisotopic (exact) mass is 543 g/mol. The molecule has 0 aliphatic carbocycles. The molecule has 6 N–H and O–H groups in total. The van der Waals surface area contributed by atoms with Crippen LogP contribution in [0.2, 0.25) is 0 Å². The SMILES string of the molecule is CN(CC=O)C(=O)OC(C)(C)C.CNc1cccc(-c2nc(N)c3ccccc3n2)c1.N=Cc1ccccc1N. The summed E-state index contributed by atoms with van der Waals surface area (Å²) in [5.41, 5.74) is 15.2. The van der Waals surface area contributed by atoms with Crippen LogP contribution in [0.5, 0.6) is 0 Å². The molecule has 1 heterocycles. The average molecular weight is 544 g/mol. The Hall–Kier alpha value is -4.99. The van der Waals surface area contributed by atoms with Crippen LogP contribution in [-0.4, -0.2) is 59.7 Å². The Labute approximate surface area is 234 Å². The van der Waals surface area contributed by atoms with Gasteiger partial charge in [-0.3, -0.25) is 0 Å². The van der Waals surface area contributed by atoms with Gasteiger partial charge in [0.05, 0.1) is 12.1 Å². The quantitative estimate of drug-likeness (QED) is 0.151. The minimum absolute atomic E-state index is 0.0644. The number of rotatable bonds is 5. The number of carbonyl (C=O) groups is 2. The highest BCUT2D eigenvalue weighted by molar-refractivity contribution is 5.89. The number of aromatic nitrogens is 2. The van der Waals surface area contributed by atoms with Crippen LogP contribution in [0.1, 0.15) is 26.3 Å².